The maximum atomic E-state index is 13.3. The minimum Gasteiger partial charge on any atom is -0.330 e. The van der Waals surface area contributed by atoms with E-state index in [1.54, 1.807) is 0 Å². The van der Waals surface area contributed by atoms with E-state index in [1.807, 2.05) is 41.0 Å². The van der Waals surface area contributed by atoms with E-state index in [-0.39, 0.29) is 5.56 Å². The summed E-state index contributed by atoms with van der Waals surface area (Å²) < 4.78 is 1.89. The Balaban J connectivity index is 2.45. The molecule has 0 amide bonds. The van der Waals surface area contributed by atoms with E-state index in [2.05, 4.69) is 32.0 Å². The predicted octanol–water partition coefficient (Wildman–Crippen LogP) is 3.89. The lowest BCUT2D eigenvalue weighted by Gasteiger charge is -2.21. The molecule has 3 rings (SSSR count). The van der Waals surface area contributed by atoms with Crippen molar-refractivity contribution in [3.05, 3.63) is 70.1 Å². The maximum absolute atomic E-state index is 13.3. The zero-order valence-corrected chi connectivity index (χ0v) is 15.9. The number of rotatable bonds is 6. The van der Waals surface area contributed by atoms with Gasteiger partial charge in [-0.15, -0.1) is 0 Å². The third-order valence-corrected chi connectivity index (χ3v) is 4.72. The molecule has 4 nitrogen and oxygen atoms in total. The smallest absolute Gasteiger partial charge is 0.258 e. The Morgan fingerprint density at radius 3 is 2.48 bits per heavy atom. The summed E-state index contributed by atoms with van der Waals surface area (Å²) >= 11 is 0. The second-order valence-electron chi connectivity index (χ2n) is 7.25. The van der Waals surface area contributed by atoms with Crippen LogP contribution < -0.4 is 11.3 Å². The molecule has 0 unspecified atom stereocenters. The molecule has 0 atom stereocenters. The molecule has 27 heavy (non-hydrogen) atoms. The van der Waals surface area contributed by atoms with E-state index < -0.39 is 0 Å². The van der Waals surface area contributed by atoms with Crippen LogP contribution in [-0.4, -0.2) is 11.1 Å². The highest BCUT2D eigenvalue weighted by molar-refractivity contribution is 5.97. The van der Waals surface area contributed by atoms with E-state index in [4.69, 9.17) is 11.0 Å². The highest BCUT2D eigenvalue weighted by Crippen LogP contribution is 2.32. The molecule has 0 aliphatic carbocycles. The number of benzene rings is 2. The number of nitrogens with zero attached hydrogens (tertiary/aromatic N) is 2. The van der Waals surface area contributed by atoms with Crippen LogP contribution in [0.4, 0.5) is 0 Å². The Morgan fingerprint density at radius 1 is 1.11 bits per heavy atom. The molecule has 0 saturated heterocycles. The van der Waals surface area contributed by atoms with Gasteiger partial charge in [0.05, 0.1) is 12.5 Å². The van der Waals surface area contributed by atoms with Crippen molar-refractivity contribution in [3.63, 3.8) is 0 Å². The van der Waals surface area contributed by atoms with Crippen LogP contribution in [0.1, 0.15) is 25.1 Å². The summed E-state index contributed by atoms with van der Waals surface area (Å²) in [6.45, 7) is 5.35. The summed E-state index contributed by atoms with van der Waals surface area (Å²) in [6, 6.07) is 18.0. The van der Waals surface area contributed by atoms with Gasteiger partial charge in [-0.05, 0) is 41.1 Å². The summed E-state index contributed by atoms with van der Waals surface area (Å²) in [7, 11) is 0. The molecule has 3 aromatic rings. The number of fused-ring (bicyclic) bond motifs is 1. The number of aromatic nitrogens is 1. The molecule has 2 aromatic carbocycles. The fraction of sp³-hybridized carbons (Fsp3) is 0.304. The summed E-state index contributed by atoms with van der Waals surface area (Å²) in [5.74, 6) is 0.346. The lowest BCUT2D eigenvalue weighted by Crippen LogP contribution is -2.28. The van der Waals surface area contributed by atoms with Crippen LogP contribution in [0.2, 0.25) is 0 Å². The van der Waals surface area contributed by atoms with Gasteiger partial charge >= 0.3 is 0 Å². The molecule has 1 heterocycles. The van der Waals surface area contributed by atoms with Crippen molar-refractivity contribution >= 4 is 10.8 Å². The van der Waals surface area contributed by atoms with E-state index in [0.717, 1.165) is 27.8 Å². The minimum atomic E-state index is 0.0188. The molecule has 2 N–H and O–H groups in total. The first-order chi connectivity index (χ1) is 13.1. The molecule has 4 heteroatoms. The molecular formula is C23H25N3O. The number of nitriles is 1. The van der Waals surface area contributed by atoms with Crippen molar-refractivity contribution < 1.29 is 0 Å². The molecule has 1 aromatic heterocycles. The lowest BCUT2D eigenvalue weighted by molar-refractivity contribution is 0.499. The maximum Gasteiger partial charge on any atom is 0.258 e. The van der Waals surface area contributed by atoms with Crippen LogP contribution in [0.15, 0.2) is 53.3 Å². The van der Waals surface area contributed by atoms with Crippen LogP contribution in [0.25, 0.3) is 21.9 Å². The molecule has 0 radical (unpaired) electrons. The van der Waals surface area contributed by atoms with Gasteiger partial charge in [-0.1, -0.05) is 50.2 Å². The van der Waals surface area contributed by atoms with Crippen molar-refractivity contribution in [2.45, 2.75) is 33.2 Å². The van der Waals surface area contributed by atoms with Crippen LogP contribution in [0.3, 0.4) is 0 Å². The van der Waals surface area contributed by atoms with E-state index in [1.165, 1.54) is 0 Å². The fourth-order valence-corrected chi connectivity index (χ4v) is 3.63. The van der Waals surface area contributed by atoms with Gasteiger partial charge in [-0.3, -0.25) is 4.79 Å². The van der Waals surface area contributed by atoms with Gasteiger partial charge in [0, 0.05) is 29.6 Å². The van der Waals surface area contributed by atoms with Gasteiger partial charge in [-0.25, -0.2) is 0 Å². The topological polar surface area (TPSA) is 71.8 Å². The highest BCUT2D eigenvalue weighted by Gasteiger charge is 2.18. The standard InChI is InChI=1S/C23H25N3O/c1-16(2)15-26-21(11-13-25)22(18-6-4-3-5-7-18)20-14-17(10-12-24)8-9-19(20)23(26)27/h3-9,14,16H,10-11,13,15,25H2,1-2H3. The SMILES string of the molecule is CC(C)Cn1c(CCN)c(-c2ccccc2)c2cc(CC#N)ccc2c1=O. The summed E-state index contributed by atoms with van der Waals surface area (Å²) in [4.78, 5) is 13.3. The minimum absolute atomic E-state index is 0.0188. The van der Waals surface area contributed by atoms with Crippen molar-refractivity contribution in [3.8, 4) is 17.2 Å². The zero-order chi connectivity index (χ0) is 19.4. The van der Waals surface area contributed by atoms with Crippen LogP contribution in [-0.2, 0) is 19.4 Å². The average Bonchev–Trinajstić information content (AvgIpc) is 2.66. The van der Waals surface area contributed by atoms with Crippen LogP contribution in [0, 0.1) is 17.2 Å². The third-order valence-electron chi connectivity index (χ3n) is 4.72. The van der Waals surface area contributed by atoms with Crippen molar-refractivity contribution in [1.82, 2.24) is 4.57 Å². The molecule has 0 aliphatic rings. The van der Waals surface area contributed by atoms with Gasteiger partial charge in [0.2, 0.25) is 0 Å². The van der Waals surface area contributed by atoms with Crippen molar-refractivity contribution in [2.24, 2.45) is 11.7 Å². The van der Waals surface area contributed by atoms with Gasteiger partial charge in [0.1, 0.15) is 0 Å². The quantitative estimate of drug-likeness (QED) is 0.726. The molecule has 0 aliphatic heterocycles. The average molecular weight is 359 g/mol. The summed E-state index contributed by atoms with van der Waals surface area (Å²) in [6.07, 6.45) is 0.954. The normalized spacial score (nSPS) is 11.1. The summed E-state index contributed by atoms with van der Waals surface area (Å²) in [5.41, 5.74) is 9.95. The van der Waals surface area contributed by atoms with Gasteiger partial charge < -0.3 is 10.3 Å². The molecule has 0 bridgehead atoms. The second-order valence-corrected chi connectivity index (χ2v) is 7.25. The number of nitrogens with two attached hydrogens (primary N) is 1. The van der Waals surface area contributed by atoms with Crippen LogP contribution >= 0.6 is 0 Å². The number of hydrogen-bond donors (Lipinski definition) is 1. The molecular weight excluding hydrogens is 334 g/mol. The molecule has 0 spiro atoms. The predicted molar refractivity (Wildman–Crippen MR) is 111 cm³/mol. The van der Waals surface area contributed by atoms with E-state index >= 15 is 0 Å². The molecule has 0 fully saturated rings. The number of pyridine rings is 1. The molecule has 0 saturated carbocycles. The zero-order valence-electron chi connectivity index (χ0n) is 15.9. The van der Waals surface area contributed by atoms with Crippen molar-refractivity contribution in [1.29, 1.82) is 5.26 Å². The first-order valence-electron chi connectivity index (χ1n) is 9.37. The highest BCUT2D eigenvalue weighted by atomic mass is 16.1. The van der Waals surface area contributed by atoms with Crippen LogP contribution in [0.5, 0.6) is 0 Å². The first kappa shape index (κ1) is 18.9. The Morgan fingerprint density at radius 2 is 1.85 bits per heavy atom. The Labute approximate surface area is 159 Å². The number of hydrogen-bond acceptors (Lipinski definition) is 3. The lowest BCUT2D eigenvalue weighted by atomic mass is 9.93. The van der Waals surface area contributed by atoms with Gasteiger partial charge in [-0.2, -0.15) is 5.26 Å². The van der Waals surface area contributed by atoms with E-state index in [0.29, 0.717) is 37.2 Å². The largest absolute Gasteiger partial charge is 0.330 e. The fourth-order valence-electron chi connectivity index (χ4n) is 3.63. The monoisotopic (exact) mass is 359 g/mol. The summed E-state index contributed by atoms with van der Waals surface area (Å²) in [5, 5.41) is 10.7. The Bertz CT molecular complexity index is 1040. The Kier molecular flexibility index (Phi) is 5.73. The Hall–Kier alpha value is -2.90. The van der Waals surface area contributed by atoms with Gasteiger partial charge in [0.15, 0.2) is 0 Å². The molecule has 138 valence electrons. The van der Waals surface area contributed by atoms with Crippen molar-refractivity contribution in [2.75, 3.05) is 6.54 Å². The van der Waals surface area contributed by atoms with Gasteiger partial charge in [0.25, 0.3) is 5.56 Å². The third kappa shape index (κ3) is 3.79. The first-order valence-corrected chi connectivity index (χ1v) is 9.37. The van der Waals surface area contributed by atoms with E-state index in [9.17, 15) is 4.79 Å². The second kappa shape index (κ2) is 8.20.